The first-order valence-corrected chi connectivity index (χ1v) is 7.36. The number of nitrogens with one attached hydrogen (secondary N) is 1. The number of hydrogen-bond donors (Lipinski definition) is 1. The fourth-order valence-corrected chi connectivity index (χ4v) is 1.79. The molecule has 1 rings (SSSR count). The lowest BCUT2D eigenvalue weighted by Gasteiger charge is -2.19. The number of benzene rings is 1. The van der Waals surface area contributed by atoms with Gasteiger partial charge in [0.15, 0.2) is 0 Å². The second-order valence-electron chi connectivity index (χ2n) is 6.03. The summed E-state index contributed by atoms with van der Waals surface area (Å²) in [6.45, 7) is 8.02. The molecule has 1 N–H and O–H groups in total. The van der Waals surface area contributed by atoms with Crippen LogP contribution in [-0.2, 0) is 27.3 Å². The Labute approximate surface area is 126 Å². The van der Waals surface area contributed by atoms with Gasteiger partial charge in [0.25, 0.3) is 0 Å². The zero-order chi connectivity index (χ0) is 15.9. The van der Waals surface area contributed by atoms with Crippen LogP contribution in [0, 0.1) is 0 Å². The molecule has 0 radical (unpaired) electrons. The first-order chi connectivity index (χ1) is 9.80. The smallest absolute Gasteiger partial charge is 0.306 e. The van der Waals surface area contributed by atoms with Gasteiger partial charge >= 0.3 is 5.97 Å². The van der Waals surface area contributed by atoms with E-state index in [0.29, 0.717) is 6.54 Å². The van der Waals surface area contributed by atoms with Crippen LogP contribution in [0.3, 0.4) is 0 Å². The first-order valence-electron chi connectivity index (χ1n) is 7.36. The van der Waals surface area contributed by atoms with Crippen LogP contribution in [0.15, 0.2) is 24.3 Å². The maximum absolute atomic E-state index is 11.7. The lowest BCUT2D eigenvalue weighted by molar-refractivity contribution is -0.155. The molecule has 0 atom stereocenters. The van der Waals surface area contributed by atoms with Crippen LogP contribution in [0.2, 0.25) is 0 Å². The van der Waals surface area contributed by atoms with Gasteiger partial charge < -0.3 is 10.1 Å². The average Bonchev–Trinajstić information content (AvgIpc) is 2.41. The van der Waals surface area contributed by atoms with Crippen molar-refractivity contribution in [1.82, 2.24) is 5.32 Å². The molecule has 0 aliphatic carbocycles. The normalized spacial score (nSPS) is 11.0. The van der Waals surface area contributed by atoms with Crippen molar-refractivity contribution in [2.45, 2.75) is 59.1 Å². The van der Waals surface area contributed by atoms with Gasteiger partial charge in [-0.2, -0.15) is 0 Å². The fraction of sp³-hybridized carbons (Fsp3) is 0.529. The highest BCUT2D eigenvalue weighted by Crippen LogP contribution is 2.09. The van der Waals surface area contributed by atoms with Crippen molar-refractivity contribution >= 4 is 11.9 Å². The van der Waals surface area contributed by atoms with Gasteiger partial charge in [0, 0.05) is 13.0 Å². The maximum Gasteiger partial charge on any atom is 0.306 e. The second kappa shape index (κ2) is 7.81. The van der Waals surface area contributed by atoms with E-state index in [9.17, 15) is 9.59 Å². The van der Waals surface area contributed by atoms with Crippen molar-refractivity contribution in [2.75, 3.05) is 0 Å². The third-order valence-corrected chi connectivity index (χ3v) is 2.90. The first kappa shape index (κ1) is 17.2. The summed E-state index contributed by atoms with van der Waals surface area (Å²) >= 11 is 0. The molecule has 0 aliphatic heterocycles. The summed E-state index contributed by atoms with van der Waals surface area (Å²) in [5.41, 5.74) is 1.82. The number of ether oxygens (including phenoxy) is 1. The summed E-state index contributed by atoms with van der Waals surface area (Å²) in [4.78, 5) is 23.2. The summed E-state index contributed by atoms with van der Waals surface area (Å²) in [6.07, 6.45) is 1.27. The molecule has 1 aromatic carbocycles. The Kier molecular flexibility index (Phi) is 6.40. The van der Waals surface area contributed by atoms with Gasteiger partial charge in [-0.1, -0.05) is 31.2 Å². The molecule has 116 valence electrons. The van der Waals surface area contributed by atoms with Gasteiger partial charge in [0.1, 0.15) is 5.60 Å². The van der Waals surface area contributed by atoms with Crippen molar-refractivity contribution < 1.29 is 14.3 Å². The highest BCUT2D eigenvalue weighted by molar-refractivity contribution is 5.81. The predicted molar refractivity (Wildman–Crippen MR) is 82.7 cm³/mol. The molecular weight excluding hydrogens is 266 g/mol. The van der Waals surface area contributed by atoms with Crippen LogP contribution in [0.5, 0.6) is 0 Å². The minimum Gasteiger partial charge on any atom is -0.460 e. The van der Waals surface area contributed by atoms with Crippen molar-refractivity contribution in [3.63, 3.8) is 0 Å². The standard InChI is InChI=1S/C17H25NO3/c1-5-13-6-8-14(9-7-13)12-18-15(19)10-11-16(20)21-17(2,3)4/h6-9H,5,10-12H2,1-4H3,(H,18,19). The maximum atomic E-state index is 11.7. The van der Waals surface area contributed by atoms with Gasteiger partial charge in [0.05, 0.1) is 6.42 Å². The molecule has 4 nitrogen and oxygen atoms in total. The minimum atomic E-state index is -0.505. The van der Waals surface area contributed by atoms with Crippen molar-refractivity contribution in [1.29, 1.82) is 0 Å². The molecule has 0 fully saturated rings. The Balaban J connectivity index is 2.29. The Morgan fingerprint density at radius 1 is 1.05 bits per heavy atom. The van der Waals surface area contributed by atoms with Crippen LogP contribution in [0.25, 0.3) is 0 Å². The SMILES string of the molecule is CCc1ccc(CNC(=O)CCC(=O)OC(C)(C)C)cc1. The summed E-state index contributed by atoms with van der Waals surface area (Å²) in [6, 6.07) is 8.13. The highest BCUT2D eigenvalue weighted by Gasteiger charge is 2.16. The zero-order valence-corrected chi connectivity index (χ0v) is 13.4. The number of rotatable bonds is 6. The number of amides is 1. The molecule has 0 saturated carbocycles. The van der Waals surface area contributed by atoms with Gasteiger partial charge in [-0.05, 0) is 38.3 Å². The summed E-state index contributed by atoms with van der Waals surface area (Å²) in [7, 11) is 0. The molecule has 0 aliphatic rings. The van der Waals surface area contributed by atoms with E-state index < -0.39 is 5.60 Å². The minimum absolute atomic E-state index is 0.109. The summed E-state index contributed by atoms with van der Waals surface area (Å²) in [5.74, 6) is -0.481. The lowest BCUT2D eigenvalue weighted by Crippen LogP contribution is -2.26. The summed E-state index contributed by atoms with van der Waals surface area (Å²) < 4.78 is 5.16. The van der Waals surface area contributed by atoms with Crippen LogP contribution < -0.4 is 5.32 Å². The Morgan fingerprint density at radius 3 is 2.14 bits per heavy atom. The van der Waals surface area contributed by atoms with Crippen molar-refractivity contribution in [3.05, 3.63) is 35.4 Å². The van der Waals surface area contributed by atoms with E-state index in [2.05, 4.69) is 24.4 Å². The Morgan fingerprint density at radius 2 is 1.62 bits per heavy atom. The predicted octanol–water partition coefficient (Wildman–Crippen LogP) is 2.99. The van der Waals surface area contributed by atoms with Gasteiger partial charge in [-0.3, -0.25) is 9.59 Å². The molecular formula is C17H25NO3. The average molecular weight is 291 g/mol. The van der Waals surface area contributed by atoms with Crippen molar-refractivity contribution in [2.24, 2.45) is 0 Å². The zero-order valence-electron chi connectivity index (χ0n) is 13.4. The third kappa shape index (κ3) is 7.49. The Hall–Kier alpha value is -1.84. The van der Waals surface area contributed by atoms with Crippen LogP contribution >= 0.6 is 0 Å². The molecule has 0 heterocycles. The topological polar surface area (TPSA) is 55.4 Å². The molecule has 4 heteroatoms. The van der Waals surface area contributed by atoms with E-state index in [1.165, 1.54) is 5.56 Å². The number of esters is 1. The monoisotopic (exact) mass is 291 g/mol. The third-order valence-electron chi connectivity index (χ3n) is 2.90. The molecule has 1 aromatic rings. The number of hydrogen-bond acceptors (Lipinski definition) is 3. The largest absolute Gasteiger partial charge is 0.460 e. The lowest BCUT2D eigenvalue weighted by atomic mass is 10.1. The van der Waals surface area contributed by atoms with E-state index in [1.807, 2.05) is 32.9 Å². The van der Waals surface area contributed by atoms with Crippen LogP contribution in [-0.4, -0.2) is 17.5 Å². The highest BCUT2D eigenvalue weighted by atomic mass is 16.6. The van der Waals surface area contributed by atoms with E-state index in [4.69, 9.17) is 4.74 Å². The van der Waals surface area contributed by atoms with Crippen LogP contribution in [0.4, 0.5) is 0 Å². The Bertz CT molecular complexity index is 472. The van der Waals surface area contributed by atoms with Gasteiger partial charge in [0.2, 0.25) is 5.91 Å². The second-order valence-corrected chi connectivity index (χ2v) is 6.03. The van der Waals surface area contributed by atoms with Crippen molar-refractivity contribution in [3.8, 4) is 0 Å². The van der Waals surface area contributed by atoms with E-state index >= 15 is 0 Å². The molecule has 0 bridgehead atoms. The number of carbonyl (C=O) groups excluding carboxylic acids is 2. The van der Waals surface area contributed by atoms with E-state index in [0.717, 1.165) is 12.0 Å². The molecule has 21 heavy (non-hydrogen) atoms. The number of aryl methyl sites for hydroxylation is 1. The van der Waals surface area contributed by atoms with Gasteiger partial charge in [-0.25, -0.2) is 0 Å². The molecule has 0 saturated heterocycles. The molecule has 1 amide bonds. The van der Waals surface area contributed by atoms with Gasteiger partial charge in [-0.15, -0.1) is 0 Å². The van der Waals surface area contributed by atoms with E-state index in [1.54, 1.807) is 0 Å². The molecule has 0 aromatic heterocycles. The molecule has 0 unspecified atom stereocenters. The summed E-state index contributed by atoms with van der Waals surface area (Å²) in [5, 5.41) is 2.81. The van der Waals surface area contributed by atoms with E-state index in [-0.39, 0.29) is 24.7 Å². The quantitative estimate of drug-likeness (QED) is 0.820. The fourth-order valence-electron chi connectivity index (χ4n) is 1.79. The number of carbonyl (C=O) groups is 2. The molecule has 0 spiro atoms. The van der Waals surface area contributed by atoms with Crippen LogP contribution in [0.1, 0.15) is 51.7 Å².